The number of nitrogens with two attached hydrogens (primary N) is 1. The topological polar surface area (TPSA) is 265 Å². The smallest absolute Gasteiger partial charge is 0.744 e. The van der Waals surface area contributed by atoms with Crippen LogP contribution in [-0.2, 0) is 30.4 Å². The van der Waals surface area contributed by atoms with E-state index < -0.39 is 73.3 Å². The minimum atomic E-state index is -5.63. The first-order valence-electron chi connectivity index (χ1n) is 11.5. The fraction of sp³-hybridized carbons (Fsp3) is 0.0400. The average molecular weight is 718 g/mol. The van der Waals surface area contributed by atoms with Gasteiger partial charge in [0.25, 0.3) is 11.8 Å². The number of anilines is 3. The molecule has 15 nitrogen and oxygen atoms in total. The molecule has 0 aliphatic rings. The molecule has 0 fully saturated rings. The number of hydrogen-bond acceptors (Lipinski definition) is 13. The van der Waals surface area contributed by atoms with Crippen molar-refractivity contribution in [1.82, 2.24) is 0 Å². The van der Waals surface area contributed by atoms with E-state index in [1.807, 2.05) is 0 Å². The molecule has 0 spiro atoms. The number of nitrogen functional groups attached to an aromatic ring is 1. The molecule has 46 heavy (non-hydrogen) atoms. The molecule has 0 unspecified atom stereocenters. The number of fused-ring (bicyclic) bond motifs is 1. The van der Waals surface area contributed by atoms with Gasteiger partial charge in [-0.25, -0.2) is 25.3 Å². The van der Waals surface area contributed by atoms with E-state index >= 15 is 0 Å². The minimum absolute atomic E-state index is 0. The van der Waals surface area contributed by atoms with E-state index in [2.05, 4.69) is 10.6 Å². The molecule has 4 rings (SSSR count). The Morgan fingerprint density at radius 2 is 1.24 bits per heavy atom. The molecule has 0 heterocycles. The van der Waals surface area contributed by atoms with Crippen LogP contribution in [0.4, 0.5) is 17.1 Å². The molecule has 0 aliphatic heterocycles. The molecule has 4 aromatic rings. The van der Waals surface area contributed by atoms with Gasteiger partial charge in [0.2, 0.25) is 0 Å². The van der Waals surface area contributed by atoms with Crippen LogP contribution in [0.2, 0.25) is 0 Å². The number of benzene rings is 4. The van der Waals surface area contributed by atoms with Crippen LogP contribution in [0.5, 0.6) is 5.75 Å². The van der Waals surface area contributed by atoms with E-state index in [0.29, 0.717) is 17.8 Å². The summed E-state index contributed by atoms with van der Waals surface area (Å²) in [6.45, 7) is 0. The van der Waals surface area contributed by atoms with Gasteiger partial charge in [-0.2, -0.15) is 0 Å². The van der Waals surface area contributed by atoms with E-state index in [4.69, 9.17) is 10.5 Å². The predicted molar refractivity (Wildman–Crippen MR) is 148 cm³/mol. The molecule has 0 saturated heterocycles. The van der Waals surface area contributed by atoms with Crippen LogP contribution in [0.15, 0.2) is 81.4 Å². The van der Waals surface area contributed by atoms with Crippen molar-refractivity contribution in [2.24, 2.45) is 0 Å². The second-order valence-electron chi connectivity index (χ2n) is 8.77. The van der Waals surface area contributed by atoms with Crippen molar-refractivity contribution >= 4 is 70.0 Å². The molecule has 21 heteroatoms. The Bertz CT molecular complexity index is 2160. The van der Waals surface area contributed by atoms with Crippen molar-refractivity contribution < 1.29 is 142 Å². The van der Waals surface area contributed by atoms with Gasteiger partial charge in [0, 0.05) is 27.6 Å². The van der Waals surface area contributed by atoms with Gasteiger partial charge in [0.05, 0.1) is 33.2 Å². The van der Waals surface area contributed by atoms with Crippen molar-refractivity contribution in [2.75, 3.05) is 23.5 Å². The normalized spacial score (nSPS) is 11.3. The Labute approximate surface area is 329 Å². The summed E-state index contributed by atoms with van der Waals surface area (Å²) < 4.78 is 112. The second-order valence-corrected chi connectivity index (χ2v) is 12.8. The number of methoxy groups -OCH3 is 1. The van der Waals surface area contributed by atoms with E-state index in [1.54, 1.807) is 12.1 Å². The Morgan fingerprint density at radius 3 is 1.76 bits per heavy atom. The third kappa shape index (κ3) is 9.74. The van der Waals surface area contributed by atoms with Crippen LogP contribution >= 0.6 is 0 Å². The summed E-state index contributed by atoms with van der Waals surface area (Å²) in [6.07, 6.45) is 0. The van der Waals surface area contributed by atoms with E-state index in [0.717, 1.165) is 6.07 Å². The van der Waals surface area contributed by atoms with Crippen molar-refractivity contribution in [1.29, 1.82) is 0 Å². The van der Waals surface area contributed by atoms with Crippen molar-refractivity contribution in [3.05, 3.63) is 77.9 Å². The molecule has 0 atom stereocenters. The number of carbonyl (C=O) groups excluding carboxylic acids is 2. The van der Waals surface area contributed by atoms with Crippen LogP contribution in [0.3, 0.4) is 0 Å². The zero-order valence-electron chi connectivity index (χ0n) is 24.6. The van der Waals surface area contributed by atoms with E-state index in [-0.39, 0.29) is 117 Å². The average Bonchev–Trinajstić information content (AvgIpc) is 2.90. The SMILES string of the molecule is COc1ccc(C(=O)Nc2ccc(S(=O)(=O)[O-])c3cc(S(=O)(=O)[O-])cc(S(=O)(=O)[O-])c23)cc1NC(=O)c1cccc(N)c1.[Na+].[Na+].[Na+]. The Kier molecular flexibility index (Phi) is 14.9. The maximum absolute atomic E-state index is 13.2. The van der Waals surface area contributed by atoms with Crippen LogP contribution < -0.4 is 110 Å². The van der Waals surface area contributed by atoms with Gasteiger partial charge in [-0.1, -0.05) is 6.07 Å². The molecule has 0 aromatic heterocycles. The van der Waals surface area contributed by atoms with Gasteiger partial charge in [-0.15, -0.1) is 0 Å². The molecule has 0 saturated carbocycles. The van der Waals surface area contributed by atoms with Crippen LogP contribution in [-0.4, -0.2) is 57.8 Å². The summed E-state index contributed by atoms with van der Waals surface area (Å²) in [5.74, 6) is -1.47. The molecule has 4 aromatic carbocycles. The van der Waals surface area contributed by atoms with Gasteiger partial charge in [0.15, 0.2) is 0 Å². The van der Waals surface area contributed by atoms with E-state index in [9.17, 15) is 48.5 Å². The summed E-state index contributed by atoms with van der Waals surface area (Å²) in [6, 6.07) is 11.8. The molecule has 0 bridgehead atoms. The first-order valence-corrected chi connectivity index (χ1v) is 15.8. The van der Waals surface area contributed by atoms with E-state index in [1.165, 1.54) is 37.4 Å². The molecule has 0 aliphatic carbocycles. The number of carbonyl (C=O) groups is 2. The number of nitrogens with one attached hydrogen (secondary N) is 2. The molecule has 2 amide bonds. The maximum atomic E-state index is 13.2. The van der Waals surface area contributed by atoms with Gasteiger partial charge < -0.3 is 34.8 Å². The molecule has 4 N–H and O–H groups in total. The first kappa shape index (κ1) is 42.4. The summed E-state index contributed by atoms with van der Waals surface area (Å²) in [7, 11) is -15.2. The van der Waals surface area contributed by atoms with Gasteiger partial charge in [-0.05, 0) is 60.7 Å². The first-order chi connectivity index (χ1) is 19.9. The fourth-order valence-corrected chi connectivity index (χ4v) is 6.08. The number of amides is 2. The van der Waals surface area contributed by atoms with Crippen LogP contribution in [0.1, 0.15) is 20.7 Å². The Morgan fingerprint density at radius 1 is 0.674 bits per heavy atom. The van der Waals surface area contributed by atoms with Gasteiger partial charge in [0.1, 0.15) is 36.1 Å². The maximum Gasteiger partial charge on any atom is 1.00 e. The third-order valence-electron chi connectivity index (χ3n) is 5.95. The predicted octanol–water partition coefficient (Wildman–Crippen LogP) is -7.34. The zero-order valence-corrected chi connectivity index (χ0v) is 33.0. The second kappa shape index (κ2) is 16.2. The number of rotatable bonds is 8. The summed E-state index contributed by atoms with van der Waals surface area (Å²) >= 11 is 0. The standard InChI is InChI=1S/C25H21N3O12S3.3Na/c1-40-20-7-5-14(10-19(20)28-24(29)13-3-2-4-15(26)9-13)25(30)27-18-6-8-21(42(34,35)36)17-11-16(41(31,32)33)12-22(23(17)18)43(37,38)39;;;/h2-12H,26H2,1H3,(H,27,30)(H,28,29)(H,31,32,33)(H,34,35,36)(H,37,38,39);;;/q;3*+1/p-3. The molecule has 226 valence electrons. The fourth-order valence-electron chi connectivity index (χ4n) is 4.07. The number of hydrogen-bond donors (Lipinski definition) is 3. The quantitative estimate of drug-likeness (QED) is 0.0870. The van der Waals surface area contributed by atoms with Crippen molar-refractivity contribution in [3.63, 3.8) is 0 Å². The Hall–Kier alpha value is -1.59. The number of ether oxygens (including phenoxy) is 1. The molecular formula is C25H18N3Na3O12S3. The minimum Gasteiger partial charge on any atom is -0.744 e. The van der Waals surface area contributed by atoms with Gasteiger partial charge >= 0.3 is 88.7 Å². The molecular weight excluding hydrogens is 699 g/mol. The van der Waals surface area contributed by atoms with Gasteiger partial charge in [-0.3, -0.25) is 9.59 Å². The summed E-state index contributed by atoms with van der Waals surface area (Å²) in [5.41, 5.74) is 5.54. The largest absolute Gasteiger partial charge is 1.00 e. The Balaban J connectivity index is 0.00000353. The zero-order chi connectivity index (χ0) is 31.9. The van der Waals surface area contributed by atoms with Crippen molar-refractivity contribution in [3.8, 4) is 5.75 Å². The monoisotopic (exact) mass is 717 g/mol. The summed E-state index contributed by atoms with van der Waals surface area (Å²) in [4.78, 5) is 22.1. The molecule has 0 radical (unpaired) electrons. The van der Waals surface area contributed by atoms with Crippen LogP contribution in [0, 0.1) is 0 Å². The van der Waals surface area contributed by atoms with Crippen LogP contribution in [0.25, 0.3) is 10.8 Å². The van der Waals surface area contributed by atoms with Crippen molar-refractivity contribution in [2.45, 2.75) is 14.7 Å². The third-order valence-corrected chi connectivity index (χ3v) is 8.51. The summed E-state index contributed by atoms with van der Waals surface area (Å²) in [5, 5.41) is 3.08.